The maximum Gasteiger partial charge on any atom is 0.300 e. The lowest BCUT2D eigenvalue weighted by atomic mass is 9.70. The Bertz CT molecular complexity index is 874. The maximum atomic E-state index is 11.8. The van der Waals surface area contributed by atoms with Gasteiger partial charge in [0.2, 0.25) is 0 Å². The number of nitrogens with zero attached hydrogens (tertiary/aromatic N) is 2. The summed E-state index contributed by atoms with van der Waals surface area (Å²) in [7, 11) is 0. The van der Waals surface area contributed by atoms with Crippen molar-refractivity contribution in [1.82, 2.24) is 9.55 Å². The SMILES string of the molecule is CC1(c2ccc(OCC3Cn4ccc(=O)nc4O3)cc2)CCCC(=O)C1. The molecule has 6 heteroatoms. The van der Waals surface area contributed by atoms with Crippen LogP contribution in [-0.2, 0) is 16.8 Å². The minimum atomic E-state index is -0.303. The summed E-state index contributed by atoms with van der Waals surface area (Å²) in [6.45, 7) is 3.16. The summed E-state index contributed by atoms with van der Waals surface area (Å²) in [6, 6.07) is 9.77. The fraction of sp³-hybridized carbons (Fsp3) is 0.450. The van der Waals surface area contributed by atoms with Crippen molar-refractivity contribution in [2.75, 3.05) is 6.61 Å². The summed E-state index contributed by atoms with van der Waals surface area (Å²) in [5.74, 6) is 1.12. The Labute approximate surface area is 151 Å². The third-order valence-electron chi connectivity index (χ3n) is 5.28. The molecule has 1 aromatic carbocycles. The van der Waals surface area contributed by atoms with Gasteiger partial charge in [-0.2, -0.15) is 4.98 Å². The monoisotopic (exact) mass is 354 g/mol. The Balaban J connectivity index is 1.37. The van der Waals surface area contributed by atoms with Gasteiger partial charge in [0, 0.05) is 25.1 Å². The first-order valence-corrected chi connectivity index (χ1v) is 9.01. The molecule has 2 atom stereocenters. The first-order chi connectivity index (χ1) is 12.5. The summed E-state index contributed by atoms with van der Waals surface area (Å²) < 4.78 is 13.3. The van der Waals surface area contributed by atoms with Crippen molar-refractivity contribution in [2.45, 2.75) is 50.7 Å². The molecule has 1 aliphatic heterocycles. The largest absolute Gasteiger partial charge is 0.490 e. The van der Waals surface area contributed by atoms with Crippen LogP contribution in [0.2, 0.25) is 0 Å². The van der Waals surface area contributed by atoms with Crippen molar-refractivity contribution in [2.24, 2.45) is 0 Å². The minimum Gasteiger partial charge on any atom is -0.490 e. The van der Waals surface area contributed by atoms with E-state index in [-0.39, 0.29) is 17.1 Å². The molecule has 0 N–H and O–H groups in total. The number of benzene rings is 1. The Kier molecular flexibility index (Phi) is 4.26. The molecule has 1 saturated carbocycles. The van der Waals surface area contributed by atoms with E-state index in [0.717, 1.165) is 18.6 Å². The van der Waals surface area contributed by atoms with Crippen LogP contribution in [-0.4, -0.2) is 28.0 Å². The number of ketones is 1. The van der Waals surface area contributed by atoms with Crippen molar-refractivity contribution in [3.8, 4) is 11.8 Å². The van der Waals surface area contributed by atoms with Gasteiger partial charge in [0.05, 0.1) is 6.54 Å². The number of carbonyl (C=O) groups excluding carboxylic acids is 1. The zero-order valence-electron chi connectivity index (χ0n) is 14.8. The Hall–Kier alpha value is -2.63. The summed E-state index contributed by atoms with van der Waals surface area (Å²) in [5, 5.41) is 0. The van der Waals surface area contributed by atoms with E-state index in [0.29, 0.717) is 37.8 Å². The highest BCUT2D eigenvalue weighted by Gasteiger charge is 2.32. The minimum absolute atomic E-state index is 0.0670. The Morgan fingerprint density at radius 1 is 1.27 bits per heavy atom. The molecule has 2 aliphatic rings. The van der Waals surface area contributed by atoms with Gasteiger partial charge in [0.25, 0.3) is 11.6 Å². The van der Waals surface area contributed by atoms with Gasteiger partial charge >= 0.3 is 0 Å². The molecular weight excluding hydrogens is 332 g/mol. The Morgan fingerprint density at radius 2 is 2.08 bits per heavy atom. The molecule has 1 aliphatic carbocycles. The highest BCUT2D eigenvalue weighted by Crippen LogP contribution is 2.38. The van der Waals surface area contributed by atoms with Gasteiger partial charge in [0.15, 0.2) is 6.10 Å². The van der Waals surface area contributed by atoms with E-state index in [1.165, 1.54) is 11.6 Å². The van der Waals surface area contributed by atoms with Gasteiger partial charge in [-0.25, -0.2) is 0 Å². The fourth-order valence-electron chi connectivity index (χ4n) is 3.82. The number of carbonyl (C=O) groups is 1. The predicted octanol–water partition coefficient (Wildman–Crippen LogP) is 2.48. The van der Waals surface area contributed by atoms with E-state index < -0.39 is 0 Å². The van der Waals surface area contributed by atoms with E-state index in [1.807, 2.05) is 12.1 Å². The number of hydrogen-bond donors (Lipinski definition) is 0. The standard InChI is InChI=1S/C20H22N2O4/c1-20(9-2-3-15(23)11-20)14-4-6-16(7-5-14)25-13-17-12-22-10-8-18(24)21-19(22)26-17/h4-8,10,17H,2-3,9,11-13H2,1H3. The molecule has 0 spiro atoms. The summed E-state index contributed by atoms with van der Waals surface area (Å²) >= 11 is 0. The van der Waals surface area contributed by atoms with Gasteiger partial charge in [0.1, 0.15) is 18.1 Å². The summed E-state index contributed by atoms with van der Waals surface area (Å²) in [6.07, 6.45) is 4.85. The average Bonchev–Trinajstić information content (AvgIpc) is 3.02. The zero-order valence-corrected chi connectivity index (χ0v) is 14.8. The number of Topliss-reactive ketones (excluding diaryl/α,β-unsaturated/α-hetero) is 1. The predicted molar refractivity (Wildman–Crippen MR) is 95.7 cm³/mol. The molecule has 6 nitrogen and oxygen atoms in total. The lowest BCUT2D eigenvalue weighted by molar-refractivity contribution is -0.121. The van der Waals surface area contributed by atoms with Crippen molar-refractivity contribution in [3.05, 3.63) is 52.4 Å². The van der Waals surface area contributed by atoms with E-state index in [4.69, 9.17) is 9.47 Å². The summed E-state index contributed by atoms with van der Waals surface area (Å²) in [4.78, 5) is 26.9. The van der Waals surface area contributed by atoms with Crippen molar-refractivity contribution in [1.29, 1.82) is 0 Å². The molecule has 2 aromatic rings. The number of ether oxygens (including phenoxy) is 2. The molecule has 0 amide bonds. The zero-order chi connectivity index (χ0) is 18.1. The van der Waals surface area contributed by atoms with Crippen molar-refractivity contribution in [3.63, 3.8) is 0 Å². The lowest BCUT2D eigenvalue weighted by Crippen LogP contribution is -2.29. The van der Waals surface area contributed by atoms with Crippen LogP contribution in [0.1, 0.15) is 38.2 Å². The van der Waals surface area contributed by atoms with Crippen LogP contribution in [0.5, 0.6) is 11.8 Å². The van der Waals surface area contributed by atoms with Gasteiger partial charge in [-0.15, -0.1) is 0 Å². The molecule has 1 fully saturated rings. The molecule has 2 unspecified atom stereocenters. The van der Waals surface area contributed by atoms with Gasteiger partial charge in [-0.1, -0.05) is 19.1 Å². The van der Waals surface area contributed by atoms with Crippen LogP contribution in [0.4, 0.5) is 0 Å². The van der Waals surface area contributed by atoms with Crippen LogP contribution in [0.3, 0.4) is 0 Å². The molecule has 0 radical (unpaired) electrons. The topological polar surface area (TPSA) is 70.4 Å². The molecule has 1 aromatic heterocycles. The van der Waals surface area contributed by atoms with Gasteiger partial charge in [-0.05, 0) is 36.0 Å². The second-order valence-corrected chi connectivity index (χ2v) is 7.41. The average molecular weight is 354 g/mol. The molecule has 2 heterocycles. The van der Waals surface area contributed by atoms with Crippen molar-refractivity contribution < 1.29 is 14.3 Å². The second kappa shape index (κ2) is 6.59. The first-order valence-electron chi connectivity index (χ1n) is 9.01. The number of aromatic nitrogens is 2. The number of fused-ring (bicyclic) bond motifs is 1. The number of hydrogen-bond acceptors (Lipinski definition) is 5. The van der Waals surface area contributed by atoms with Crippen LogP contribution >= 0.6 is 0 Å². The smallest absolute Gasteiger partial charge is 0.300 e. The molecule has 0 saturated heterocycles. The summed E-state index contributed by atoms with van der Waals surface area (Å²) in [5.41, 5.74) is 0.816. The van der Waals surface area contributed by atoms with Gasteiger partial charge < -0.3 is 9.47 Å². The fourth-order valence-corrected chi connectivity index (χ4v) is 3.82. The van der Waals surface area contributed by atoms with Crippen LogP contribution in [0.25, 0.3) is 0 Å². The molecular formula is C20H22N2O4. The Morgan fingerprint density at radius 3 is 2.85 bits per heavy atom. The van der Waals surface area contributed by atoms with Crippen LogP contribution < -0.4 is 15.0 Å². The van der Waals surface area contributed by atoms with E-state index in [2.05, 4.69) is 24.0 Å². The van der Waals surface area contributed by atoms with Gasteiger partial charge in [-0.3, -0.25) is 14.2 Å². The normalized spacial score (nSPS) is 24.8. The van der Waals surface area contributed by atoms with E-state index >= 15 is 0 Å². The highest BCUT2D eigenvalue weighted by atomic mass is 16.6. The van der Waals surface area contributed by atoms with E-state index in [1.54, 1.807) is 10.8 Å². The molecule has 0 bridgehead atoms. The molecule has 26 heavy (non-hydrogen) atoms. The molecule has 4 rings (SSSR count). The quantitative estimate of drug-likeness (QED) is 0.844. The number of rotatable bonds is 4. The van der Waals surface area contributed by atoms with Crippen LogP contribution in [0, 0.1) is 0 Å². The first kappa shape index (κ1) is 16.8. The third kappa shape index (κ3) is 3.36. The molecule has 136 valence electrons. The second-order valence-electron chi connectivity index (χ2n) is 7.41. The van der Waals surface area contributed by atoms with E-state index in [9.17, 15) is 9.59 Å². The maximum absolute atomic E-state index is 11.8. The van der Waals surface area contributed by atoms with Crippen molar-refractivity contribution >= 4 is 5.78 Å². The van der Waals surface area contributed by atoms with Crippen LogP contribution in [0.15, 0.2) is 41.3 Å². The highest BCUT2D eigenvalue weighted by molar-refractivity contribution is 5.80. The third-order valence-corrected chi connectivity index (χ3v) is 5.28. The lowest BCUT2D eigenvalue weighted by Gasteiger charge is -2.33.